The Morgan fingerprint density at radius 3 is 2.26 bits per heavy atom. The topological polar surface area (TPSA) is 73.9 Å². The lowest BCUT2D eigenvalue weighted by Crippen LogP contribution is -2.44. The first-order valence-corrected chi connectivity index (χ1v) is 11.7. The number of ether oxygens (including phenoxy) is 3. The standard InChI is InChI=1S/C25H41NO5/c1-5-8-9-10-11-19-31-22-14-12-21(13-15-22)16-18-25(17-6-2,23(27)30-7-3)20-26-24(28)29-4/h12-15H,5-11,16-20H2,1-4H3,(H,26,28). The van der Waals surface area contributed by atoms with Crippen molar-refractivity contribution in [3.8, 4) is 5.75 Å². The van der Waals surface area contributed by atoms with E-state index in [1.165, 1.54) is 32.8 Å². The average Bonchev–Trinajstić information content (AvgIpc) is 2.78. The number of methoxy groups -OCH3 is 1. The van der Waals surface area contributed by atoms with Crippen LogP contribution in [-0.4, -0.2) is 38.9 Å². The maximum atomic E-state index is 12.8. The Morgan fingerprint density at radius 2 is 1.65 bits per heavy atom. The molecule has 176 valence electrons. The quantitative estimate of drug-likeness (QED) is 0.267. The molecule has 0 aliphatic carbocycles. The summed E-state index contributed by atoms with van der Waals surface area (Å²) in [6.07, 6.45) is 8.28. The molecule has 0 radical (unpaired) electrons. The van der Waals surface area contributed by atoms with Crippen molar-refractivity contribution in [1.82, 2.24) is 5.32 Å². The normalized spacial score (nSPS) is 12.6. The number of nitrogens with one attached hydrogen (secondary N) is 1. The van der Waals surface area contributed by atoms with E-state index in [1.807, 2.05) is 31.2 Å². The van der Waals surface area contributed by atoms with Crippen molar-refractivity contribution in [3.63, 3.8) is 0 Å². The van der Waals surface area contributed by atoms with Crippen LogP contribution in [0.25, 0.3) is 0 Å². The summed E-state index contributed by atoms with van der Waals surface area (Å²) in [6.45, 7) is 7.29. The lowest BCUT2D eigenvalue weighted by atomic mass is 9.78. The molecule has 6 nitrogen and oxygen atoms in total. The van der Waals surface area contributed by atoms with Crippen LogP contribution in [0, 0.1) is 5.41 Å². The molecule has 0 heterocycles. The molecule has 0 bridgehead atoms. The summed E-state index contributed by atoms with van der Waals surface area (Å²) in [4.78, 5) is 24.4. The highest BCUT2D eigenvalue weighted by atomic mass is 16.5. The largest absolute Gasteiger partial charge is 0.494 e. The van der Waals surface area contributed by atoms with Crippen molar-refractivity contribution in [3.05, 3.63) is 29.8 Å². The third-order valence-corrected chi connectivity index (χ3v) is 5.53. The molecule has 0 fully saturated rings. The molecule has 0 aromatic heterocycles. The van der Waals surface area contributed by atoms with Crippen molar-refractivity contribution < 1.29 is 23.8 Å². The van der Waals surface area contributed by atoms with Gasteiger partial charge in [0.15, 0.2) is 0 Å². The minimum atomic E-state index is -0.771. The third kappa shape index (κ3) is 10.1. The van der Waals surface area contributed by atoms with Gasteiger partial charge in [0.1, 0.15) is 5.75 Å². The maximum absolute atomic E-state index is 12.8. The van der Waals surface area contributed by atoms with Gasteiger partial charge in [0, 0.05) is 6.54 Å². The summed E-state index contributed by atoms with van der Waals surface area (Å²) in [5.74, 6) is 0.605. The summed E-state index contributed by atoms with van der Waals surface area (Å²) in [6, 6.07) is 8.06. The van der Waals surface area contributed by atoms with Crippen molar-refractivity contribution in [2.75, 3.05) is 26.9 Å². The first-order valence-electron chi connectivity index (χ1n) is 11.7. The molecule has 1 N–H and O–H groups in total. The molecule has 0 saturated heterocycles. The highest BCUT2D eigenvalue weighted by Gasteiger charge is 2.39. The van der Waals surface area contributed by atoms with E-state index in [9.17, 15) is 9.59 Å². The molecule has 1 atom stereocenters. The van der Waals surface area contributed by atoms with Gasteiger partial charge in [-0.05, 0) is 50.3 Å². The first-order chi connectivity index (χ1) is 15.0. The average molecular weight is 436 g/mol. The first kappa shape index (κ1) is 26.8. The Kier molecular flexibility index (Phi) is 13.4. The molecular formula is C25H41NO5. The predicted octanol–water partition coefficient (Wildman–Crippen LogP) is 5.67. The van der Waals surface area contributed by atoms with Gasteiger partial charge >= 0.3 is 12.1 Å². The van der Waals surface area contributed by atoms with Crippen molar-refractivity contribution in [2.45, 2.75) is 78.6 Å². The monoisotopic (exact) mass is 435 g/mol. The lowest BCUT2D eigenvalue weighted by Gasteiger charge is -2.31. The van der Waals surface area contributed by atoms with Gasteiger partial charge in [-0.2, -0.15) is 0 Å². The van der Waals surface area contributed by atoms with E-state index in [1.54, 1.807) is 6.92 Å². The van der Waals surface area contributed by atoms with Crippen molar-refractivity contribution in [1.29, 1.82) is 0 Å². The summed E-state index contributed by atoms with van der Waals surface area (Å²) in [5, 5.41) is 2.70. The van der Waals surface area contributed by atoms with Crippen LogP contribution in [-0.2, 0) is 20.7 Å². The smallest absolute Gasteiger partial charge is 0.406 e. The molecule has 1 unspecified atom stereocenters. The summed E-state index contributed by atoms with van der Waals surface area (Å²) in [5.41, 5.74) is 0.352. The van der Waals surface area contributed by atoms with Crippen LogP contribution in [0.3, 0.4) is 0 Å². The van der Waals surface area contributed by atoms with Crippen molar-refractivity contribution >= 4 is 12.1 Å². The number of rotatable bonds is 16. The second-order valence-corrected chi connectivity index (χ2v) is 8.00. The van der Waals surface area contributed by atoms with Gasteiger partial charge < -0.3 is 19.5 Å². The van der Waals surface area contributed by atoms with Crippen LogP contribution in [0.5, 0.6) is 5.75 Å². The number of benzene rings is 1. The van der Waals surface area contributed by atoms with Gasteiger partial charge in [-0.15, -0.1) is 0 Å². The zero-order valence-corrected chi connectivity index (χ0v) is 19.8. The fraction of sp³-hybridized carbons (Fsp3) is 0.680. The highest BCUT2D eigenvalue weighted by Crippen LogP contribution is 2.32. The van der Waals surface area contributed by atoms with Gasteiger partial charge in [0.05, 0.1) is 25.7 Å². The van der Waals surface area contributed by atoms with Gasteiger partial charge in [-0.3, -0.25) is 4.79 Å². The van der Waals surface area contributed by atoms with Crippen molar-refractivity contribution in [2.24, 2.45) is 5.41 Å². The lowest BCUT2D eigenvalue weighted by molar-refractivity contribution is -0.156. The number of aryl methyl sites for hydroxylation is 1. The van der Waals surface area contributed by atoms with E-state index in [4.69, 9.17) is 9.47 Å². The molecule has 1 aromatic rings. The zero-order valence-electron chi connectivity index (χ0n) is 19.8. The molecule has 6 heteroatoms. The number of amides is 1. The van der Waals surface area contributed by atoms with E-state index >= 15 is 0 Å². The van der Waals surface area contributed by atoms with Gasteiger partial charge in [-0.25, -0.2) is 4.79 Å². The number of esters is 1. The summed E-state index contributed by atoms with van der Waals surface area (Å²) < 4.78 is 15.9. The number of hydrogen-bond acceptors (Lipinski definition) is 5. The molecule has 0 aliphatic heterocycles. The molecule has 31 heavy (non-hydrogen) atoms. The summed E-state index contributed by atoms with van der Waals surface area (Å²) >= 11 is 0. The Morgan fingerprint density at radius 1 is 0.935 bits per heavy atom. The Labute approximate surface area is 188 Å². The number of hydrogen-bond donors (Lipinski definition) is 1. The van der Waals surface area contributed by atoms with Crippen LogP contribution in [0.4, 0.5) is 4.79 Å². The second kappa shape index (κ2) is 15.5. The van der Waals surface area contributed by atoms with E-state index in [0.29, 0.717) is 25.9 Å². The molecule has 1 aromatic carbocycles. The van der Waals surface area contributed by atoms with E-state index in [-0.39, 0.29) is 12.5 Å². The number of carbonyl (C=O) groups is 2. The molecule has 1 rings (SSSR count). The van der Waals surface area contributed by atoms with E-state index in [2.05, 4.69) is 17.0 Å². The van der Waals surface area contributed by atoms with Crippen LogP contribution >= 0.6 is 0 Å². The number of carbonyl (C=O) groups excluding carboxylic acids is 2. The highest BCUT2D eigenvalue weighted by molar-refractivity contribution is 5.78. The van der Waals surface area contributed by atoms with Crippen LogP contribution < -0.4 is 10.1 Å². The summed E-state index contributed by atoms with van der Waals surface area (Å²) in [7, 11) is 1.32. The fourth-order valence-electron chi connectivity index (χ4n) is 3.69. The van der Waals surface area contributed by atoms with E-state index in [0.717, 1.165) is 30.8 Å². The zero-order chi connectivity index (χ0) is 23.0. The number of alkyl carbamates (subject to hydrolysis) is 1. The predicted molar refractivity (Wildman–Crippen MR) is 123 cm³/mol. The maximum Gasteiger partial charge on any atom is 0.406 e. The number of unbranched alkanes of at least 4 members (excludes halogenated alkanes) is 4. The van der Waals surface area contributed by atoms with Gasteiger partial charge in [0.2, 0.25) is 0 Å². The Hall–Kier alpha value is -2.24. The van der Waals surface area contributed by atoms with Crippen LogP contribution in [0.15, 0.2) is 24.3 Å². The minimum Gasteiger partial charge on any atom is -0.494 e. The van der Waals surface area contributed by atoms with Gasteiger partial charge in [-0.1, -0.05) is 58.1 Å². The SMILES string of the molecule is CCCCCCCOc1ccc(CCC(CCC)(CNC(=O)OC)C(=O)OCC)cc1. The molecular weight excluding hydrogens is 394 g/mol. The van der Waals surface area contributed by atoms with Gasteiger partial charge in [0.25, 0.3) is 0 Å². The minimum absolute atomic E-state index is 0.200. The van der Waals surface area contributed by atoms with E-state index < -0.39 is 11.5 Å². The third-order valence-electron chi connectivity index (χ3n) is 5.53. The Balaban J connectivity index is 2.69. The molecule has 0 saturated carbocycles. The molecule has 1 amide bonds. The molecule has 0 spiro atoms. The fourth-order valence-corrected chi connectivity index (χ4v) is 3.69. The van der Waals surface area contributed by atoms with Crippen LogP contribution in [0.1, 0.15) is 77.7 Å². The second-order valence-electron chi connectivity index (χ2n) is 8.00. The molecule has 0 aliphatic rings. The van der Waals surface area contributed by atoms with Crippen LogP contribution in [0.2, 0.25) is 0 Å². The Bertz CT molecular complexity index is 631.